The summed E-state index contributed by atoms with van der Waals surface area (Å²) >= 11 is 0. The topological polar surface area (TPSA) is 70.7 Å². The predicted molar refractivity (Wildman–Crippen MR) is 130 cm³/mol. The first kappa shape index (κ1) is 23.8. The van der Waals surface area contributed by atoms with E-state index in [1.165, 1.54) is 18.2 Å². The van der Waals surface area contributed by atoms with E-state index in [9.17, 15) is 14.0 Å². The number of anilines is 3. The normalized spacial score (nSPS) is 10.6. The van der Waals surface area contributed by atoms with Crippen molar-refractivity contribution in [3.8, 4) is 5.75 Å². The zero-order valence-electron chi connectivity index (χ0n) is 19.0. The van der Waals surface area contributed by atoms with Gasteiger partial charge in [0.05, 0.1) is 11.3 Å². The second kappa shape index (κ2) is 11.1. The summed E-state index contributed by atoms with van der Waals surface area (Å²) in [5.74, 6) is -1.17. The Kier molecular flexibility index (Phi) is 8.02. The molecule has 2 N–H and O–H groups in total. The number of rotatable bonds is 9. The lowest BCUT2D eigenvalue weighted by Gasteiger charge is -2.27. The number of hydrogen-bond donors (Lipinski definition) is 2. The van der Waals surface area contributed by atoms with Crippen LogP contribution in [-0.4, -0.2) is 31.0 Å². The molecule has 0 heterocycles. The highest BCUT2D eigenvalue weighted by Gasteiger charge is 2.15. The monoisotopic (exact) mass is 449 g/mol. The molecule has 33 heavy (non-hydrogen) atoms. The standard InChI is InChI=1S/C26H28FN3O3/c1-4-30(18(2)3)20-15-13-19(14-16-20)28-26(32)21-9-5-8-12-24(21)33-17-25(31)29-23-11-7-6-10-22(23)27/h5-16,18H,4,17H2,1-3H3,(H,28,32)(H,29,31). The van der Waals surface area contributed by atoms with Crippen molar-refractivity contribution in [2.45, 2.75) is 26.8 Å². The first-order valence-corrected chi connectivity index (χ1v) is 10.8. The van der Waals surface area contributed by atoms with Gasteiger partial charge in [-0.1, -0.05) is 24.3 Å². The Morgan fingerprint density at radius 2 is 1.61 bits per heavy atom. The van der Waals surface area contributed by atoms with Gasteiger partial charge in [0.2, 0.25) is 0 Å². The van der Waals surface area contributed by atoms with Gasteiger partial charge in [-0.15, -0.1) is 0 Å². The number of benzene rings is 3. The Hall–Kier alpha value is -3.87. The Morgan fingerprint density at radius 3 is 2.27 bits per heavy atom. The van der Waals surface area contributed by atoms with E-state index < -0.39 is 11.7 Å². The summed E-state index contributed by atoms with van der Waals surface area (Å²) in [7, 11) is 0. The number of carbonyl (C=O) groups is 2. The van der Waals surface area contributed by atoms with E-state index in [1.807, 2.05) is 24.3 Å². The summed E-state index contributed by atoms with van der Waals surface area (Å²) in [6.07, 6.45) is 0. The molecule has 0 spiro atoms. The average Bonchev–Trinajstić information content (AvgIpc) is 2.81. The molecule has 0 bridgehead atoms. The van der Waals surface area contributed by atoms with Crippen LogP contribution in [0.2, 0.25) is 0 Å². The second-order valence-corrected chi connectivity index (χ2v) is 7.69. The first-order valence-electron chi connectivity index (χ1n) is 10.8. The second-order valence-electron chi connectivity index (χ2n) is 7.69. The van der Waals surface area contributed by atoms with E-state index in [-0.39, 0.29) is 29.5 Å². The molecule has 0 fully saturated rings. The third kappa shape index (κ3) is 6.32. The van der Waals surface area contributed by atoms with Gasteiger partial charge in [0.25, 0.3) is 11.8 Å². The summed E-state index contributed by atoms with van der Waals surface area (Å²) < 4.78 is 19.3. The molecule has 0 aromatic heterocycles. The molecule has 0 saturated heterocycles. The zero-order valence-corrected chi connectivity index (χ0v) is 19.0. The summed E-state index contributed by atoms with van der Waals surface area (Å²) in [5.41, 5.74) is 2.09. The molecule has 0 radical (unpaired) electrons. The maximum atomic E-state index is 13.7. The maximum Gasteiger partial charge on any atom is 0.262 e. The van der Waals surface area contributed by atoms with E-state index in [1.54, 1.807) is 30.3 Å². The van der Waals surface area contributed by atoms with Crippen molar-refractivity contribution in [1.29, 1.82) is 0 Å². The van der Waals surface area contributed by atoms with Crippen molar-refractivity contribution in [2.24, 2.45) is 0 Å². The van der Waals surface area contributed by atoms with E-state index in [0.717, 1.165) is 12.2 Å². The summed E-state index contributed by atoms with van der Waals surface area (Å²) in [5, 5.41) is 5.31. The van der Waals surface area contributed by atoms with Crippen LogP contribution in [-0.2, 0) is 4.79 Å². The van der Waals surface area contributed by atoms with Gasteiger partial charge >= 0.3 is 0 Å². The Bertz CT molecular complexity index is 1100. The first-order chi connectivity index (χ1) is 15.9. The number of hydrogen-bond acceptors (Lipinski definition) is 4. The van der Waals surface area contributed by atoms with Crippen LogP contribution >= 0.6 is 0 Å². The fourth-order valence-corrected chi connectivity index (χ4v) is 3.45. The summed E-state index contributed by atoms with van der Waals surface area (Å²) in [6, 6.07) is 20.5. The summed E-state index contributed by atoms with van der Waals surface area (Å²) in [6.45, 7) is 6.89. The van der Waals surface area contributed by atoms with E-state index >= 15 is 0 Å². The molecular formula is C26H28FN3O3. The molecule has 3 aromatic rings. The molecule has 0 aliphatic heterocycles. The van der Waals surface area contributed by atoms with Gasteiger partial charge in [0.15, 0.2) is 6.61 Å². The summed E-state index contributed by atoms with van der Waals surface area (Å²) in [4.78, 5) is 27.3. The third-order valence-corrected chi connectivity index (χ3v) is 5.06. The van der Waals surface area contributed by atoms with Crippen molar-refractivity contribution in [2.75, 3.05) is 28.7 Å². The zero-order chi connectivity index (χ0) is 23.8. The van der Waals surface area contributed by atoms with Gasteiger partial charge in [-0.05, 0) is 69.3 Å². The predicted octanol–water partition coefficient (Wildman–Crippen LogP) is 5.33. The van der Waals surface area contributed by atoms with Gasteiger partial charge < -0.3 is 20.3 Å². The van der Waals surface area contributed by atoms with Gasteiger partial charge in [-0.3, -0.25) is 9.59 Å². The minimum Gasteiger partial charge on any atom is -0.483 e. The molecule has 2 amide bonds. The minimum atomic E-state index is -0.535. The number of nitrogens with zero attached hydrogens (tertiary/aromatic N) is 1. The highest BCUT2D eigenvalue weighted by molar-refractivity contribution is 6.06. The quantitative estimate of drug-likeness (QED) is 0.463. The molecular weight excluding hydrogens is 421 g/mol. The van der Waals surface area contributed by atoms with Gasteiger partial charge in [-0.2, -0.15) is 0 Å². The van der Waals surface area contributed by atoms with Gasteiger partial charge in [0, 0.05) is 24.0 Å². The molecule has 7 heteroatoms. The molecule has 0 saturated carbocycles. The van der Waals surface area contributed by atoms with E-state index in [2.05, 4.69) is 36.3 Å². The van der Waals surface area contributed by atoms with Crippen LogP contribution in [0.1, 0.15) is 31.1 Å². The molecule has 3 aromatic carbocycles. The largest absolute Gasteiger partial charge is 0.483 e. The molecule has 0 atom stereocenters. The molecule has 0 unspecified atom stereocenters. The van der Waals surface area contributed by atoms with E-state index in [4.69, 9.17) is 4.74 Å². The number of para-hydroxylation sites is 2. The number of halogens is 1. The van der Waals surface area contributed by atoms with Crippen molar-refractivity contribution >= 4 is 28.9 Å². The lowest BCUT2D eigenvalue weighted by atomic mass is 10.1. The van der Waals surface area contributed by atoms with Crippen LogP contribution < -0.4 is 20.3 Å². The minimum absolute atomic E-state index is 0.0691. The van der Waals surface area contributed by atoms with Gasteiger partial charge in [0.1, 0.15) is 11.6 Å². The Balaban J connectivity index is 1.64. The maximum absolute atomic E-state index is 13.7. The molecule has 3 rings (SSSR count). The van der Waals surface area contributed by atoms with Crippen LogP contribution in [0.15, 0.2) is 72.8 Å². The highest BCUT2D eigenvalue weighted by atomic mass is 19.1. The van der Waals surface area contributed by atoms with E-state index in [0.29, 0.717) is 11.7 Å². The lowest BCUT2D eigenvalue weighted by Crippen LogP contribution is -2.30. The van der Waals surface area contributed by atoms with Crippen molar-refractivity contribution < 1.29 is 18.7 Å². The van der Waals surface area contributed by atoms with Crippen LogP contribution in [0, 0.1) is 5.82 Å². The van der Waals surface area contributed by atoms with Crippen LogP contribution in [0.4, 0.5) is 21.5 Å². The third-order valence-electron chi connectivity index (χ3n) is 5.06. The highest BCUT2D eigenvalue weighted by Crippen LogP contribution is 2.23. The Morgan fingerprint density at radius 1 is 0.939 bits per heavy atom. The number of carbonyl (C=O) groups excluding carboxylic acids is 2. The number of nitrogens with one attached hydrogen (secondary N) is 2. The average molecular weight is 450 g/mol. The fraction of sp³-hybridized carbons (Fsp3) is 0.231. The van der Waals surface area contributed by atoms with Crippen molar-refractivity contribution in [3.63, 3.8) is 0 Å². The smallest absolute Gasteiger partial charge is 0.262 e. The molecule has 0 aliphatic rings. The number of amides is 2. The van der Waals surface area contributed by atoms with Crippen LogP contribution in [0.25, 0.3) is 0 Å². The fourth-order valence-electron chi connectivity index (χ4n) is 3.45. The molecule has 6 nitrogen and oxygen atoms in total. The van der Waals surface area contributed by atoms with Crippen LogP contribution in [0.3, 0.4) is 0 Å². The Labute approximate surface area is 193 Å². The van der Waals surface area contributed by atoms with Gasteiger partial charge in [-0.25, -0.2) is 4.39 Å². The van der Waals surface area contributed by atoms with Crippen molar-refractivity contribution in [1.82, 2.24) is 0 Å². The molecule has 0 aliphatic carbocycles. The van der Waals surface area contributed by atoms with Crippen LogP contribution in [0.5, 0.6) is 5.75 Å². The van der Waals surface area contributed by atoms with Crippen molar-refractivity contribution in [3.05, 3.63) is 84.2 Å². The lowest BCUT2D eigenvalue weighted by molar-refractivity contribution is -0.118. The molecule has 172 valence electrons. The number of ether oxygens (including phenoxy) is 1. The SMILES string of the molecule is CCN(c1ccc(NC(=O)c2ccccc2OCC(=O)Nc2ccccc2F)cc1)C(C)C.